The summed E-state index contributed by atoms with van der Waals surface area (Å²) in [6, 6.07) is 23.9. The van der Waals surface area contributed by atoms with Gasteiger partial charge in [0.25, 0.3) is 14.1 Å². The Morgan fingerprint density at radius 1 is 1.02 bits per heavy atom. The number of aliphatic hydroxyl groups excluding tert-OH is 1. The van der Waals surface area contributed by atoms with Gasteiger partial charge in [-0.15, -0.1) is 0 Å². The topological polar surface area (TPSA) is 115 Å². The predicted molar refractivity (Wildman–Crippen MR) is 158 cm³/mol. The summed E-state index contributed by atoms with van der Waals surface area (Å²) in [5, 5.41) is 12.9. The Hall–Kier alpha value is -2.47. The van der Waals surface area contributed by atoms with E-state index in [1.54, 1.807) is 0 Å². The first-order chi connectivity index (χ1) is 19.9. The quantitative estimate of drug-likeness (QED) is 0.284. The van der Waals surface area contributed by atoms with E-state index in [-0.39, 0.29) is 18.8 Å². The molecule has 0 saturated carbocycles. The fourth-order valence-electron chi connectivity index (χ4n) is 6.47. The molecule has 0 spiro atoms. The summed E-state index contributed by atoms with van der Waals surface area (Å²) >= 11 is 0. The van der Waals surface area contributed by atoms with Crippen molar-refractivity contribution in [3.63, 3.8) is 0 Å². The molecular formula is C29H36N3O7PSi. The van der Waals surface area contributed by atoms with Crippen LogP contribution in [-0.4, -0.2) is 78.1 Å². The number of hydrogen-bond acceptors (Lipinski definition) is 8. The molecule has 12 heteroatoms. The van der Waals surface area contributed by atoms with E-state index in [9.17, 15) is 14.7 Å². The molecule has 2 aromatic carbocycles. The molecule has 218 valence electrons. The van der Waals surface area contributed by atoms with Crippen LogP contribution in [0.1, 0.15) is 19.1 Å². The van der Waals surface area contributed by atoms with Crippen molar-refractivity contribution in [1.29, 1.82) is 0 Å². The minimum Gasteiger partial charge on any atom is -0.394 e. The van der Waals surface area contributed by atoms with Gasteiger partial charge in [0, 0.05) is 32.0 Å². The maximum Gasteiger partial charge on any atom is 0.330 e. The lowest BCUT2D eigenvalue weighted by Gasteiger charge is -2.32. The third-order valence-electron chi connectivity index (χ3n) is 8.64. The summed E-state index contributed by atoms with van der Waals surface area (Å²) in [7, 11) is -2.09. The lowest BCUT2D eigenvalue weighted by Crippen LogP contribution is -2.58. The molecule has 0 bridgehead atoms. The minimum absolute atomic E-state index is 0.00537. The first-order valence-electron chi connectivity index (χ1n) is 14.0. The van der Waals surface area contributed by atoms with Crippen LogP contribution in [0.25, 0.3) is 0 Å². The van der Waals surface area contributed by atoms with Crippen molar-refractivity contribution in [2.45, 2.75) is 62.1 Å². The Balaban J connectivity index is 1.26. The molecule has 6 rings (SSSR count). The SMILES string of the molecule is CO[C@H]1C(O[P@]2O[C@@H](C[Si](C)(c3ccccc3)c3ccccc3)[C@H]3CCCN32)[C@@H](CO)O[C@H]1n1ccc(=O)[nH]c1=O. The first-order valence-corrected chi connectivity index (χ1v) is 17.9. The molecule has 3 saturated heterocycles. The number of fused-ring (bicyclic) bond motifs is 1. The van der Waals surface area contributed by atoms with Gasteiger partial charge in [0.05, 0.1) is 12.7 Å². The van der Waals surface area contributed by atoms with Gasteiger partial charge in [0.15, 0.2) is 6.23 Å². The van der Waals surface area contributed by atoms with Crippen LogP contribution < -0.4 is 21.6 Å². The molecule has 3 aromatic rings. The van der Waals surface area contributed by atoms with Gasteiger partial charge >= 0.3 is 5.69 Å². The van der Waals surface area contributed by atoms with Gasteiger partial charge in [-0.3, -0.25) is 14.3 Å². The summed E-state index contributed by atoms with van der Waals surface area (Å²) in [4.78, 5) is 26.4. The molecule has 0 aliphatic carbocycles. The third kappa shape index (κ3) is 5.41. The molecule has 0 amide bonds. The van der Waals surface area contributed by atoms with Crippen LogP contribution in [0.2, 0.25) is 12.6 Å². The van der Waals surface area contributed by atoms with E-state index in [4.69, 9.17) is 18.5 Å². The highest BCUT2D eigenvalue weighted by Gasteiger charge is 2.54. The van der Waals surface area contributed by atoms with E-state index in [0.29, 0.717) is 0 Å². The summed E-state index contributed by atoms with van der Waals surface area (Å²) in [6.07, 6.45) is 0.488. The molecule has 4 heterocycles. The van der Waals surface area contributed by atoms with Gasteiger partial charge in [-0.05, 0) is 18.9 Å². The molecule has 3 aliphatic heterocycles. The number of nitrogens with zero attached hydrogens (tertiary/aromatic N) is 2. The first kappa shape index (κ1) is 28.6. The number of rotatable bonds is 9. The van der Waals surface area contributed by atoms with Crippen molar-refractivity contribution < 1.29 is 23.6 Å². The molecule has 2 N–H and O–H groups in total. The molecule has 10 nitrogen and oxygen atoms in total. The van der Waals surface area contributed by atoms with Crippen molar-refractivity contribution >= 4 is 27.0 Å². The van der Waals surface area contributed by atoms with E-state index < -0.39 is 52.4 Å². The fourth-order valence-corrected chi connectivity index (χ4v) is 12.4. The van der Waals surface area contributed by atoms with Gasteiger partial charge in [0.2, 0.25) is 0 Å². The minimum atomic E-state index is -2.16. The zero-order valence-corrected chi connectivity index (χ0v) is 25.1. The zero-order valence-electron chi connectivity index (χ0n) is 23.2. The summed E-state index contributed by atoms with van der Waals surface area (Å²) in [5.74, 6) is 0. The smallest absolute Gasteiger partial charge is 0.330 e. The van der Waals surface area contributed by atoms with E-state index in [0.717, 1.165) is 25.4 Å². The Labute approximate surface area is 240 Å². The molecule has 3 aliphatic rings. The largest absolute Gasteiger partial charge is 0.394 e. The lowest BCUT2D eigenvalue weighted by atomic mass is 10.1. The van der Waals surface area contributed by atoms with Crippen LogP contribution in [0.5, 0.6) is 0 Å². The highest BCUT2D eigenvalue weighted by Crippen LogP contribution is 2.59. The number of nitrogens with one attached hydrogen (secondary N) is 1. The number of aromatic nitrogens is 2. The van der Waals surface area contributed by atoms with Crippen LogP contribution in [0.4, 0.5) is 0 Å². The summed E-state index contributed by atoms with van der Waals surface area (Å²) in [5.41, 5.74) is -1.12. The van der Waals surface area contributed by atoms with Crippen molar-refractivity contribution in [3.05, 3.63) is 93.8 Å². The van der Waals surface area contributed by atoms with Crippen molar-refractivity contribution in [3.8, 4) is 0 Å². The summed E-state index contributed by atoms with van der Waals surface area (Å²) < 4.78 is 28.9. The Morgan fingerprint density at radius 3 is 2.32 bits per heavy atom. The second kappa shape index (κ2) is 12.0. The average molecular weight is 598 g/mol. The Bertz CT molecular complexity index is 1400. The number of hydrogen-bond donors (Lipinski definition) is 2. The average Bonchev–Trinajstić information content (AvgIpc) is 3.69. The molecule has 41 heavy (non-hydrogen) atoms. The molecule has 7 atom stereocenters. The second-order valence-electron chi connectivity index (χ2n) is 11.1. The second-order valence-corrected chi connectivity index (χ2v) is 16.7. The van der Waals surface area contributed by atoms with Crippen molar-refractivity contribution in [2.75, 3.05) is 20.3 Å². The number of aromatic amines is 1. The number of ether oxygens (including phenoxy) is 2. The van der Waals surface area contributed by atoms with E-state index in [2.05, 4.69) is 76.9 Å². The number of H-pyrrole nitrogens is 1. The lowest BCUT2D eigenvalue weighted by molar-refractivity contribution is -0.0625. The highest BCUT2D eigenvalue weighted by molar-refractivity contribution is 7.45. The van der Waals surface area contributed by atoms with E-state index in [1.807, 2.05) is 0 Å². The maximum atomic E-state index is 12.5. The standard InChI is InChI=1S/C29H36N3O7PSi/c1-36-27-26(23(18-33)37-28(27)31-17-15-25(34)30-29(31)35)39-40-32-16-9-14-22(32)24(38-40)19-41(2,20-10-5-3-6-11-20)21-12-7-4-8-13-21/h3-8,10-13,15,17,22-24,26-28,33H,9,14,16,18-19H2,1-2H3,(H,30,34,35)/t22-,23-,24+,26?,27+,28-,40+/m1/s1. The summed E-state index contributed by atoms with van der Waals surface area (Å²) in [6.45, 7) is 2.98. The number of benzene rings is 2. The van der Waals surface area contributed by atoms with Crippen LogP contribution in [-0.2, 0) is 18.5 Å². The molecule has 1 unspecified atom stereocenters. The normalized spacial score (nSPS) is 30.1. The highest BCUT2D eigenvalue weighted by atomic mass is 31.2. The molecule has 1 aromatic heterocycles. The van der Waals surface area contributed by atoms with Crippen LogP contribution in [0.3, 0.4) is 0 Å². The van der Waals surface area contributed by atoms with Crippen LogP contribution >= 0.6 is 8.53 Å². The number of methoxy groups -OCH3 is 1. The molecule has 0 radical (unpaired) electrons. The van der Waals surface area contributed by atoms with Crippen LogP contribution in [0, 0.1) is 0 Å². The molecular weight excluding hydrogens is 561 g/mol. The fraction of sp³-hybridized carbons (Fsp3) is 0.448. The van der Waals surface area contributed by atoms with Crippen molar-refractivity contribution in [2.24, 2.45) is 0 Å². The van der Waals surface area contributed by atoms with Crippen LogP contribution in [0.15, 0.2) is 82.5 Å². The zero-order chi connectivity index (χ0) is 28.6. The molecule has 3 fully saturated rings. The van der Waals surface area contributed by atoms with Gasteiger partial charge in [-0.25, -0.2) is 9.46 Å². The van der Waals surface area contributed by atoms with E-state index >= 15 is 0 Å². The van der Waals surface area contributed by atoms with Gasteiger partial charge in [0.1, 0.15) is 26.4 Å². The van der Waals surface area contributed by atoms with Crippen molar-refractivity contribution in [1.82, 2.24) is 14.2 Å². The van der Waals surface area contributed by atoms with E-state index in [1.165, 1.54) is 34.3 Å². The van der Waals surface area contributed by atoms with Gasteiger partial charge < -0.3 is 23.6 Å². The number of aliphatic hydroxyl groups is 1. The van der Waals surface area contributed by atoms with Gasteiger partial charge in [-0.1, -0.05) is 77.6 Å². The third-order valence-corrected chi connectivity index (χ3v) is 14.9. The Kier molecular flexibility index (Phi) is 8.40. The monoisotopic (exact) mass is 597 g/mol. The Morgan fingerprint density at radius 2 is 1.71 bits per heavy atom. The van der Waals surface area contributed by atoms with Gasteiger partial charge in [-0.2, -0.15) is 0 Å². The predicted octanol–water partition coefficient (Wildman–Crippen LogP) is 1.81. The maximum absolute atomic E-state index is 12.5.